The van der Waals surface area contributed by atoms with Crippen molar-refractivity contribution in [2.75, 3.05) is 6.54 Å². The molecule has 0 unspecified atom stereocenters. The van der Waals surface area contributed by atoms with Crippen LogP contribution in [0.3, 0.4) is 0 Å². The Kier molecular flexibility index (Phi) is 3.17. The fraction of sp³-hybridized carbons (Fsp3) is 0.200. The van der Waals surface area contributed by atoms with E-state index in [1.165, 1.54) is 12.1 Å². The van der Waals surface area contributed by atoms with Gasteiger partial charge in [-0.2, -0.15) is 0 Å². The van der Waals surface area contributed by atoms with Crippen LogP contribution in [0.4, 0.5) is 4.39 Å². The van der Waals surface area contributed by atoms with Gasteiger partial charge in [-0.05, 0) is 18.2 Å². The lowest BCUT2D eigenvalue weighted by molar-refractivity contribution is 0.598. The second-order valence-corrected chi connectivity index (χ2v) is 3.69. The maximum Gasteiger partial charge on any atom is 0.124 e. The second-order valence-electron chi connectivity index (χ2n) is 3.28. The molecule has 2 rings (SSSR count). The minimum absolute atomic E-state index is 0.319. The first kappa shape index (κ1) is 11.0. The number of benzene rings is 1. The van der Waals surface area contributed by atoms with Crippen LogP contribution in [0.1, 0.15) is 0 Å². The number of hydrogen-bond donors (Lipinski definition) is 1. The van der Waals surface area contributed by atoms with Gasteiger partial charge in [0.05, 0.1) is 17.8 Å². The van der Waals surface area contributed by atoms with Gasteiger partial charge in [0, 0.05) is 12.1 Å². The topological polar surface area (TPSA) is 56.7 Å². The first-order chi connectivity index (χ1) is 7.70. The van der Waals surface area contributed by atoms with Gasteiger partial charge in [-0.1, -0.05) is 16.8 Å². The maximum atomic E-state index is 12.8. The summed E-state index contributed by atoms with van der Waals surface area (Å²) < 4.78 is 14.5. The van der Waals surface area contributed by atoms with Crippen molar-refractivity contribution >= 4 is 11.6 Å². The molecular formula is C10H10ClFN4. The molecule has 2 N–H and O–H groups in total. The molecule has 0 spiro atoms. The zero-order valence-corrected chi connectivity index (χ0v) is 9.15. The summed E-state index contributed by atoms with van der Waals surface area (Å²) in [6.45, 7) is 1.08. The molecule has 0 fully saturated rings. The second kappa shape index (κ2) is 4.59. The fourth-order valence-corrected chi connectivity index (χ4v) is 1.62. The molecule has 0 aliphatic heterocycles. The molecule has 0 atom stereocenters. The molecule has 1 aromatic carbocycles. The lowest BCUT2D eigenvalue weighted by atomic mass is 10.2. The molecule has 4 nitrogen and oxygen atoms in total. The van der Waals surface area contributed by atoms with E-state index in [4.69, 9.17) is 17.3 Å². The van der Waals surface area contributed by atoms with Gasteiger partial charge in [0.15, 0.2) is 0 Å². The summed E-state index contributed by atoms with van der Waals surface area (Å²) in [6, 6.07) is 4.16. The largest absolute Gasteiger partial charge is 0.329 e. The fourth-order valence-electron chi connectivity index (χ4n) is 1.36. The molecule has 16 heavy (non-hydrogen) atoms. The average molecular weight is 241 g/mol. The summed E-state index contributed by atoms with van der Waals surface area (Å²) in [4.78, 5) is 0. The standard InChI is InChI=1S/C10H10ClFN4/c11-9-5-7(12)1-2-8(9)10-6-16(4-3-13)15-14-10/h1-2,5-6H,3-4,13H2. The monoisotopic (exact) mass is 240 g/mol. The van der Waals surface area contributed by atoms with Crippen molar-refractivity contribution in [1.82, 2.24) is 15.0 Å². The normalized spacial score (nSPS) is 10.7. The van der Waals surface area contributed by atoms with E-state index < -0.39 is 0 Å². The molecule has 0 amide bonds. The predicted molar refractivity (Wildman–Crippen MR) is 59.5 cm³/mol. The van der Waals surface area contributed by atoms with Crippen molar-refractivity contribution in [3.8, 4) is 11.3 Å². The Balaban J connectivity index is 2.35. The molecule has 0 bridgehead atoms. The Morgan fingerprint density at radius 3 is 2.94 bits per heavy atom. The highest BCUT2D eigenvalue weighted by atomic mass is 35.5. The van der Waals surface area contributed by atoms with E-state index in [2.05, 4.69) is 10.3 Å². The number of nitrogens with two attached hydrogens (primary N) is 1. The molecule has 0 saturated heterocycles. The highest BCUT2D eigenvalue weighted by molar-refractivity contribution is 6.33. The highest BCUT2D eigenvalue weighted by Gasteiger charge is 2.08. The van der Waals surface area contributed by atoms with Gasteiger partial charge in [-0.15, -0.1) is 5.10 Å². The van der Waals surface area contributed by atoms with Gasteiger partial charge in [0.25, 0.3) is 0 Å². The molecule has 1 heterocycles. The average Bonchev–Trinajstić information content (AvgIpc) is 2.67. The van der Waals surface area contributed by atoms with Crippen molar-refractivity contribution in [2.24, 2.45) is 5.73 Å². The van der Waals surface area contributed by atoms with Gasteiger partial charge in [0.2, 0.25) is 0 Å². The smallest absolute Gasteiger partial charge is 0.124 e. The number of rotatable bonds is 3. The van der Waals surface area contributed by atoms with E-state index in [1.807, 2.05) is 0 Å². The summed E-state index contributed by atoms with van der Waals surface area (Å²) in [5.41, 5.74) is 6.66. The van der Waals surface area contributed by atoms with Crippen molar-refractivity contribution in [3.05, 3.63) is 35.2 Å². The van der Waals surface area contributed by atoms with Crippen molar-refractivity contribution < 1.29 is 4.39 Å². The summed E-state index contributed by atoms with van der Waals surface area (Å²) in [7, 11) is 0. The van der Waals surface area contributed by atoms with Crippen LogP contribution in [0.25, 0.3) is 11.3 Å². The SMILES string of the molecule is NCCn1cc(-c2ccc(F)cc2Cl)nn1. The van der Waals surface area contributed by atoms with E-state index in [-0.39, 0.29) is 5.82 Å². The van der Waals surface area contributed by atoms with Crippen molar-refractivity contribution in [3.63, 3.8) is 0 Å². The molecule has 2 aromatic rings. The first-order valence-electron chi connectivity index (χ1n) is 4.76. The van der Waals surface area contributed by atoms with E-state index in [1.54, 1.807) is 16.9 Å². The van der Waals surface area contributed by atoms with Gasteiger partial charge >= 0.3 is 0 Å². The number of aromatic nitrogens is 3. The van der Waals surface area contributed by atoms with Crippen LogP contribution in [0.5, 0.6) is 0 Å². The summed E-state index contributed by atoms with van der Waals surface area (Å²) in [6.07, 6.45) is 1.73. The molecule has 0 saturated carbocycles. The minimum Gasteiger partial charge on any atom is -0.329 e. The van der Waals surface area contributed by atoms with Gasteiger partial charge < -0.3 is 5.73 Å². The van der Waals surface area contributed by atoms with E-state index in [9.17, 15) is 4.39 Å². The quantitative estimate of drug-likeness (QED) is 0.888. The summed E-state index contributed by atoms with van der Waals surface area (Å²) in [5.74, 6) is -0.372. The zero-order valence-electron chi connectivity index (χ0n) is 8.40. The summed E-state index contributed by atoms with van der Waals surface area (Å²) in [5, 5.41) is 8.15. The van der Waals surface area contributed by atoms with E-state index >= 15 is 0 Å². The first-order valence-corrected chi connectivity index (χ1v) is 5.14. The van der Waals surface area contributed by atoms with Crippen LogP contribution >= 0.6 is 11.6 Å². The molecular weight excluding hydrogens is 231 g/mol. The van der Waals surface area contributed by atoms with Gasteiger partial charge in [-0.25, -0.2) is 4.39 Å². The van der Waals surface area contributed by atoms with E-state index in [0.29, 0.717) is 29.4 Å². The lowest BCUT2D eigenvalue weighted by Gasteiger charge is -1.99. The Labute approximate surface area is 96.8 Å². The predicted octanol–water partition coefficient (Wildman–Crippen LogP) is 1.70. The highest BCUT2D eigenvalue weighted by Crippen LogP contribution is 2.26. The van der Waals surface area contributed by atoms with Gasteiger partial charge in [0.1, 0.15) is 11.5 Å². The Hall–Kier alpha value is -1.46. The number of nitrogens with zero attached hydrogens (tertiary/aromatic N) is 3. The van der Waals surface area contributed by atoms with Crippen LogP contribution in [0.15, 0.2) is 24.4 Å². The number of hydrogen-bond acceptors (Lipinski definition) is 3. The number of halogens is 2. The van der Waals surface area contributed by atoms with Crippen molar-refractivity contribution in [1.29, 1.82) is 0 Å². The van der Waals surface area contributed by atoms with Crippen LogP contribution in [0, 0.1) is 5.82 Å². The molecule has 84 valence electrons. The lowest BCUT2D eigenvalue weighted by Crippen LogP contribution is -2.10. The summed E-state index contributed by atoms with van der Waals surface area (Å²) >= 11 is 5.91. The molecule has 0 radical (unpaired) electrons. The third kappa shape index (κ3) is 2.20. The molecule has 0 aliphatic rings. The van der Waals surface area contributed by atoms with Crippen LogP contribution in [-0.4, -0.2) is 21.5 Å². The Bertz CT molecular complexity index is 497. The maximum absolute atomic E-state index is 12.8. The van der Waals surface area contributed by atoms with Gasteiger partial charge in [-0.3, -0.25) is 4.68 Å². The zero-order chi connectivity index (χ0) is 11.5. The van der Waals surface area contributed by atoms with E-state index in [0.717, 1.165) is 0 Å². The molecule has 1 aromatic heterocycles. The Morgan fingerprint density at radius 1 is 1.44 bits per heavy atom. The van der Waals surface area contributed by atoms with Crippen LogP contribution in [-0.2, 0) is 6.54 Å². The molecule has 0 aliphatic carbocycles. The third-order valence-corrected chi connectivity index (χ3v) is 2.42. The van der Waals surface area contributed by atoms with Crippen molar-refractivity contribution in [2.45, 2.75) is 6.54 Å². The third-order valence-electron chi connectivity index (χ3n) is 2.10. The van der Waals surface area contributed by atoms with Crippen LogP contribution < -0.4 is 5.73 Å². The Morgan fingerprint density at radius 2 is 2.25 bits per heavy atom. The molecule has 6 heteroatoms. The van der Waals surface area contributed by atoms with Crippen LogP contribution in [0.2, 0.25) is 5.02 Å². The minimum atomic E-state index is -0.372.